The minimum atomic E-state index is -0.717. The second-order valence-corrected chi connectivity index (χ2v) is 7.23. The summed E-state index contributed by atoms with van der Waals surface area (Å²) in [5, 5.41) is 12.1. The van der Waals surface area contributed by atoms with Crippen molar-refractivity contribution in [2.45, 2.75) is 72.1 Å². The average Bonchev–Trinajstić information content (AvgIpc) is 2.45. The minimum absolute atomic E-state index is 0.00652. The summed E-state index contributed by atoms with van der Waals surface area (Å²) in [5.41, 5.74) is 0.142. The van der Waals surface area contributed by atoms with Crippen LogP contribution in [0.25, 0.3) is 0 Å². The highest BCUT2D eigenvalue weighted by Crippen LogP contribution is 2.29. The first-order chi connectivity index (χ1) is 9.85. The van der Waals surface area contributed by atoms with Gasteiger partial charge in [0.2, 0.25) is 5.91 Å². The van der Waals surface area contributed by atoms with Crippen LogP contribution in [0.4, 0.5) is 0 Å². The monoisotopic (exact) mass is 297 g/mol. The lowest BCUT2D eigenvalue weighted by Crippen LogP contribution is -2.39. The number of rotatable bonds is 8. The minimum Gasteiger partial charge on any atom is -0.481 e. The van der Waals surface area contributed by atoms with Crippen molar-refractivity contribution >= 4 is 11.9 Å². The number of unbranched alkanes of at least 4 members (excludes halogenated alkanes) is 2. The van der Waals surface area contributed by atoms with Crippen LogP contribution >= 0.6 is 0 Å². The SMILES string of the molecule is CCCCCC(C)(C)CNC(=O)C1CCC(C(=O)O)CC1. The molecule has 0 aromatic heterocycles. The standard InChI is InChI=1S/C17H31NO3/c1-4-5-6-11-17(2,3)12-18-15(19)13-7-9-14(10-8-13)16(20)21/h13-14H,4-12H2,1-3H3,(H,18,19)(H,20,21). The van der Waals surface area contributed by atoms with Gasteiger partial charge in [-0.25, -0.2) is 0 Å². The van der Waals surface area contributed by atoms with Crippen LogP contribution in [0.1, 0.15) is 72.1 Å². The van der Waals surface area contributed by atoms with Crippen molar-refractivity contribution in [1.82, 2.24) is 5.32 Å². The van der Waals surface area contributed by atoms with Crippen molar-refractivity contribution in [2.24, 2.45) is 17.3 Å². The van der Waals surface area contributed by atoms with Gasteiger partial charge < -0.3 is 10.4 Å². The van der Waals surface area contributed by atoms with E-state index >= 15 is 0 Å². The summed E-state index contributed by atoms with van der Waals surface area (Å²) in [6, 6.07) is 0. The van der Waals surface area contributed by atoms with Gasteiger partial charge in [0.25, 0.3) is 0 Å². The Morgan fingerprint density at radius 3 is 2.19 bits per heavy atom. The maximum Gasteiger partial charge on any atom is 0.306 e. The maximum absolute atomic E-state index is 12.2. The topological polar surface area (TPSA) is 66.4 Å². The summed E-state index contributed by atoms with van der Waals surface area (Å²) in [5.74, 6) is -0.847. The quantitative estimate of drug-likeness (QED) is 0.673. The van der Waals surface area contributed by atoms with E-state index in [1.54, 1.807) is 0 Å². The van der Waals surface area contributed by atoms with Gasteiger partial charge in [-0.15, -0.1) is 0 Å². The van der Waals surface area contributed by atoms with E-state index in [1.807, 2.05) is 0 Å². The van der Waals surface area contributed by atoms with E-state index < -0.39 is 5.97 Å². The van der Waals surface area contributed by atoms with E-state index in [1.165, 1.54) is 19.3 Å². The van der Waals surface area contributed by atoms with Crippen molar-refractivity contribution in [3.63, 3.8) is 0 Å². The molecule has 1 rings (SSSR count). The Bertz CT molecular complexity index is 344. The molecular weight excluding hydrogens is 266 g/mol. The molecule has 0 aliphatic heterocycles. The third-order valence-electron chi connectivity index (χ3n) is 4.65. The molecule has 1 amide bonds. The van der Waals surface area contributed by atoms with Gasteiger partial charge in [0.05, 0.1) is 5.92 Å². The van der Waals surface area contributed by atoms with Gasteiger partial charge in [-0.05, 0) is 37.5 Å². The highest BCUT2D eigenvalue weighted by Gasteiger charge is 2.30. The van der Waals surface area contributed by atoms with Crippen LogP contribution in [-0.2, 0) is 9.59 Å². The van der Waals surface area contributed by atoms with Crippen LogP contribution < -0.4 is 5.32 Å². The number of carbonyl (C=O) groups is 2. The molecule has 1 aliphatic carbocycles. The molecule has 0 atom stereocenters. The normalized spacial score (nSPS) is 22.8. The molecule has 122 valence electrons. The first-order valence-electron chi connectivity index (χ1n) is 8.36. The number of nitrogens with one attached hydrogen (secondary N) is 1. The molecule has 0 saturated heterocycles. The van der Waals surface area contributed by atoms with Crippen molar-refractivity contribution in [2.75, 3.05) is 6.54 Å². The lowest BCUT2D eigenvalue weighted by molar-refractivity contribution is -0.144. The second-order valence-electron chi connectivity index (χ2n) is 7.23. The Labute approximate surface area is 128 Å². The highest BCUT2D eigenvalue weighted by molar-refractivity contribution is 5.79. The smallest absolute Gasteiger partial charge is 0.306 e. The van der Waals surface area contributed by atoms with Crippen molar-refractivity contribution in [3.8, 4) is 0 Å². The highest BCUT2D eigenvalue weighted by atomic mass is 16.4. The van der Waals surface area contributed by atoms with Crippen molar-refractivity contribution in [1.29, 1.82) is 0 Å². The molecule has 0 unspecified atom stereocenters. The molecule has 0 aromatic rings. The van der Waals surface area contributed by atoms with Gasteiger partial charge >= 0.3 is 5.97 Å². The fraction of sp³-hybridized carbons (Fsp3) is 0.882. The molecule has 0 radical (unpaired) electrons. The average molecular weight is 297 g/mol. The number of carboxylic acids is 1. The van der Waals surface area contributed by atoms with Crippen molar-refractivity contribution in [3.05, 3.63) is 0 Å². The largest absolute Gasteiger partial charge is 0.481 e. The van der Waals surface area contributed by atoms with Gasteiger partial charge in [0.1, 0.15) is 0 Å². The number of aliphatic carboxylic acids is 1. The molecule has 1 aliphatic rings. The lowest BCUT2D eigenvalue weighted by Gasteiger charge is -2.29. The van der Waals surface area contributed by atoms with Gasteiger partial charge in [-0.3, -0.25) is 9.59 Å². The Kier molecular flexibility index (Phi) is 7.20. The van der Waals surface area contributed by atoms with Gasteiger partial charge in [0, 0.05) is 12.5 Å². The van der Waals surface area contributed by atoms with Crippen LogP contribution in [0.2, 0.25) is 0 Å². The third-order valence-corrected chi connectivity index (χ3v) is 4.65. The van der Waals surface area contributed by atoms with E-state index in [0.717, 1.165) is 6.42 Å². The van der Waals surface area contributed by atoms with E-state index in [-0.39, 0.29) is 23.2 Å². The van der Waals surface area contributed by atoms with E-state index in [4.69, 9.17) is 5.11 Å². The number of carbonyl (C=O) groups excluding carboxylic acids is 1. The Balaban J connectivity index is 2.29. The first kappa shape index (κ1) is 18.0. The number of amides is 1. The van der Waals surface area contributed by atoms with Crippen LogP contribution in [0.3, 0.4) is 0 Å². The van der Waals surface area contributed by atoms with Crippen LogP contribution in [0.15, 0.2) is 0 Å². The molecule has 21 heavy (non-hydrogen) atoms. The van der Waals surface area contributed by atoms with E-state index in [0.29, 0.717) is 32.2 Å². The fourth-order valence-corrected chi connectivity index (χ4v) is 3.02. The maximum atomic E-state index is 12.2. The molecule has 0 spiro atoms. The molecule has 4 nitrogen and oxygen atoms in total. The predicted molar refractivity (Wildman–Crippen MR) is 84.0 cm³/mol. The number of carboxylic acid groups (broad SMARTS) is 1. The number of hydrogen-bond donors (Lipinski definition) is 2. The zero-order chi connectivity index (χ0) is 15.9. The summed E-state index contributed by atoms with van der Waals surface area (Å²) >= 11 is 0. The Morgan fingerprint density at radius 1 is 1.10 bits per heavy atom. The summed E-state index contributed by atoms with van der Waals surface area (Å²) in [7, 11) is 0. The molecule has 0 bridgehead atoms. The molecule has 2 N–H and O–H groups in total. The number of hydrogen-bond acceptors (Lipinski definition) is 2. The van der Waals surface area contributed by atoms with Crippen LogP contribution in [0, 0.1) is 17.3 Å². The zero-order valence-corrected chi connectivity index (χ0v) is 13.8. The predicted octanol–water partition coefficient (Wildman–Crippen LogP) is 3.60. The van der Waals surface area contributed by atoms with Gasteiger partial charge in [0.15, 0.2) is 0 Å². The summed E-state index contributed by atoms with van der Waals surface area (Å²) in [6.45, 7) is 7.31. The molecule has 1 saturated carbocycles. The molecular formula is C17H31NO3. The third kappa shape index (κ3) is 6.49. The van der Waals surface area contributed by atoms with Gasteiger partial charge in [-0.1, -0.05) is 40.0 Å². The summed E-state index contributed by atoms with van der Waals surface area (Å²) < 4.78 is 0. The van der Waals surface area contributed by atoms with E-state index in [2.05, 4.69) is 26.1 Å². The van der Waals surface area contributed by atoms with Crippen LogP contribution in [-0.4, -0.2) is 23.5 Å². The first-order valence-corrected chi connectivity index (χ1v) is 8.36. The van der Waals surface area contributed by atoms with Crippen LogP contribution in [0.5, 0.6) is 0 Å². The molecule has 0 heterocycles. The Morgan fingerprint density at radius 2 is 1.67 bits per heavy atom. The molecule has 1 fully saturated rings. The summed E-state index contributed by atoms with van der Waals surface area (Å²) in [4.78, 5) is 23.1. The molecule has 0 aromatic carbocycles. The Hall–Kier alpha value is -1.06. The van der Waals surface area contributed by atoms with Crippen molar-refractivity contribution < 1.29 is 14.7 Å². The zero-order valence-electron chi connectivity index (χ0n) is 13.8. The second kappa shape index (κ2) is 8.40. The van der Waals surface area contributed by atoms with E-state index in [9.17, 15) is 9.59 Å². The molecule has 4 heteroatoms. The lowest BCUT2D eigenvalue weighted by atomic mass is 9.81. The fourth-order valence-electron chi connectivity index (χ4n) is 3.02. The summed E-state index contributed by atoms with van der Waals surface area (Å²) in [6.07, 6.45) is 7.49. The van der Waals surface area contributed by atoms with Gasteiger partial charge in [-0.2, -0.15) is 0 Å².